The van der Waals surface area contributed by atoms with Crippen molar-refractivity contribution in [2.75, 3.05) is 39.4 Å². The molecule has 0 unspecified atom stereocenters. The number of carbonyl (C=O) groups excluding carboxylic acids is 1. The second-order valence-corrected chi connectivity index (χ2v) is 7.00. The SMILES string of the molecule is C=C(C)COc1cccc(CN2CCN(C(=O)[C@@H]3CCCO3)CC2)c1. The summed E-state index contributed by atoms with van der Waals surface area (Å²) in [5.74, 6) is 1.06. The number of benzene rings is 1. The number of piperazine rings is 1. The third-order valence-electron chi connectivity index (χ3n) is 4.68. The normalized spacial score (nSPS) is 21.3. The van der Waals surface area contributed by atoms with Crippen molar-refractivity contribution in [3.63, 3.8) is 0 Å². The van der Waals surface area contributed by atoms with Crippen LogP contribution in [-0.2, 0) is 16.1 Å². The summed E-state index contributed by atoms with van der Waals surface area (Å²) < 4.78 is 11.2. The van der Waals surface area contributed by atoms with Gasteiger partial charge in [0.15, 0.2) is 0 Å². The van der Waals surface area contributed by atoms with Crippen LogP contribution in [0.25, 0.3) is 0 Å². The molecule has 1 aromatic rings. The van der Waals surface area contributed by atoms with Crippen LogP contribution in [0.4, 0.5) is 0 Å². The molecule has 25 heavy (non-hydrogen) atoms. The maximum absolute atomic E-state index is 12.4. The van der Waals surface area contributed by atoms with Crippen molar-refractivity contribution < 1.29 is 14.3 Å². The second kappa shape index (κ2) is 8.50. The Labute approximate surface area is 150 Å². The average molecular weight is 344 g/mol. The molecule has 0 spiro atoms. The molecule has 0 aliphatic carbocycles. The third-order valence-corrected chi connectivity index (χ3v) is 4.68. The van der Waals surface area contributed by atoms with E-state index in [9.17, 15) is 4.79 Å². The van der Waals surface area contributed by atoms with Crippen LogP contribution in [0.15, 0.2) is 36.4 Å². The van der Waals surface area contributed by atoms with Gasteiger partial charge in [-0.25, -0.2) is 0 Å². The van der Waals surface area contributed by atoms with E-state index in [4.69, 9.17) is 9.47 Å². The van der Waals surface area contributed by atoms with Gasteiger partial charge >= 0.3 is 0 Å². The molecule has 0 aromatic heterocycles. The first-order valence-corrected chi connectivity index (χ1v) is 9.10. The lowest BCUT2D eigenvalue weighted by Gasteiger charge is -2.35. The van der Waals surface area contributed by atoms with Crippen LogP contribution in [0.3, 0.4) is 0 Å². The minimum atomic E-state index is -0.200. The van der Waals surface area contributed by atoms with Gasteiger partial charge in [0.05, 0.1) is 0 Å². The lowest BCUT2D eigenvalue weighted by molar-refractivity contribution is -0.142. The standard InChI is InChI=1S/C20H28N2O3/c1-16(2)15-25-18-6-3-5-17(13-18)14-21-8-10-22(11-9-21)20(23)19-7-4-12-24-19/h3,5-6,13,19H,1,4,7-12,14-15H2,2H3/t19-/m0/s1. The Hall–Kier alpha value is -1.85. The highest BCUT2D eigenvalue weighted by Gasteiger charge is 2.30. The number of hydrogen-bond acceptors (Lipinski definition) is 4. The molecule has 0 N–H and O–H groups in total. The number of hydrogen-bond donors (Lipinski definition) is 0. The zero-order valence-corrected chi connectivity index (χ0v) is 15.1. The van der Waals surface area contributed by atoms with Crippen LogP contribution in [0, 0.1) is 0 Å². The van der Waals surface area contributed by atoms with E-state index in [0.717, 1.165) is 63.5 Å². The summed E-state index contributed by atoms with van der Waals surface area (Å²) in [5, 5.41) is 0. The summed E-state index contributed by atoms with van der Waals surface area (Å²) in [5.41, 5.74) is 2.25. The van der Waals surface area contributed by atoms with Gasteiger partial charge in [0.25, 0.3) is 5.91 Å². The van der Waals surface area contributed by atoms with Crippen LogP contribution in [0.1, 0.15) is 25.3 Å². The van der Waals surface area contributed by atoms with Crippen LogP contribution in [0.5, 0.6) is 5.75 Å². The number of ether oxygens (including phenoxy) is 2. The van der Waals surface area contributed by atoms with Gasteiger partial charge in [-0.15, -0.1) is 0 Å². The van der Waals surface area contributed by atoms with Crippen molar-refractivity contribution in [1.29, 1.82) is 0 Å². The summed E-state index contributed by atoms with van der Waals surface area (Å²) in [6.07, 6.45) is 1.67. The maximum atomic E-state index is 12.4. The maximum Gasteiger partial charge on any atom is 0.251 e. The van der Waals surface area contributed by atoms with Crippen molar-refractivity contribution in [2.24, 2.45) is 0 Å². The van der Waals surface area contributed by atoms with Gasteiger partial charge in [-0.2, -0.15) is 0 Å². The zero-order chi connectivity index (χ0) is 17.6. The first kappa shape index (κ1) is 18.0. The van der Waals surface area contributed by atoms with Gasteiger partial charge in [-0.05, 0) is 43.0 Å². The third kappa shape index (κ3) is 5.06. The zero-order valence-electron chi connectivity index (χ0n) is 15.1. The minimum Gasteiger partial charge on any atom is -0.489 e. The molecule has 5 heteroatoms. The minimum absolute atomic E-state index is 0.173. The molecule has 1 aromatic carbocycles. The molecule has 2 aliphatic heterocycles. The van der Waals surface area contributed by atoms with Crippen molar-refractivity contribution in [3.8, 4) is 5.75 Å². The van der Waals surface area contributed by atoms with Gasteiger partial charge < -0.3 is 14.4 Å². The second-order valence-electron chi connectivity index (χ2n) is 7.00. The van der Waals surface area contributed by atoms with Crippen molar-refractivity contribution >= 4 is 5.91 Å². The summed E-state index contributed by atoms with van der Waals surface area (Å²) in [6.45, 7) is 11.3. The summed E-state index contributed by atoms with van der Waals surface area (Å²) in [4.78, 5) is 16.7. The van der Waals surface area contributed by atoms with E-state index < -0.39 is 0 Å². The van der Waals surface area contributed by atoms with Gasteiger partial charge in [0, 0.05) is 39.3 Å². The fraction of sp³-hybridized carbons (Fsp3) is 0.550. The van der Waals surface area contributed by atoms with Crippen LogP contribution in [0.2, 0.25) is 0 Å². The van der Waals surface area contributed by atoms with E-state index in [1.807, 2.05) is 24.0 Å². The molecule has 0 radical (unpaired) electrons. The van der Waals surface area contributed by atoms with Crippen molar-refractivity contribution in [3.05, 3.63) is 42.0 Å². The van der Waals surface area contributed by atoms with E-state index in [-0.39, 0.29) is 12.0 Å². The Morgan fingerprint density at radius 1 is 1.32 bits per heavy atom. The van der Waals surface area contributed by atoms with Gasteiger partial charge in [0.2, 0.25) is 0 Å². The molecule has 2 fully saturated rings. The Balaban J connectivity index is 1.48. The van der Waals surface area contributed by atoms with Crippen LogP contribution < -0.4 is 4.74 Å². The first-order chi connectivity index (χ1) is 12.1. The van der Waals surface area contributed by atoms with Crippen molar-refractivity contribution in [1.82, 2.24) is 9.80 Å². The molecule has 2 heterocycles. The fourth-order valence-corrected chi connectivity index (χ4v) is 3.30. The van der Waals surface area contributed by atoms with Gasteiger partial charge in [-0.1, -0.05) is 18.7 Å². The number of rotatable bonds is 6. The molecule has 3 rings (SSSR count). The highest BCUT2D eigenvalue weighted by atomic mass is 16.5. The highest BCUT2D eigenvalue weighted by Crippen LogP contribution is 2.18. The van der Waals surface area contributed by atoms with E-state index in [0.29, 0.717) is 6.61 Å². The van der Waals surface area contributed by atoms with Gasteiger partial charge in [-0.3, -0.25) is 9.69 Å². The Morgan fingerprint density at radius 3 is 2.80 bits per heavy atom. The lowest BCUT2D eigenvalue weighted by Crippen LogP contribution is -2.51. The molecule has 5 nitrogen and oxygen atoms in total. The number of carbonyl (C=O) groups is 1. The fourth-order valence-electron chi connectivity index (χ4n) is 3.30. The molecule has 0 saturated carbocycles. The van der Waals surface area contributed by atoms with Gasteiger partial charge in [0.1, 0.15) is 18.5 Å². The van der Waals surface area contributed by atoms with E-state index in [1.54, 1.807) is 0 Å². The molecular formula is C20H28N2O3. The van der Waals surface area contributed by atoms with Crippen LogP contribution in [-0.4, -0.2) is 61.2 Å². The molecule has 1 amide bonds. The van der Waals surface area contributed by atoms with E-state index in [1.165, 1.54) is 5.56 Å². The monoisotopic (exact) mass is 344 g/mol. The van der Waals surface area contributed by atoms with Crippen molar-refractivity contribution in [2.45, 2.75) is 32.4 Å². The molecule has 136 valence electrons. The lowest BCUT2D eigenvalue weighted by atomic mass is 10.1. The molecule has 2 aliphatic rings. The summed E-state index contributed by atoms with van der Waals surface area (Å²) >= 11 is 0. The first-order valence-electron chi connectivity index (χ1n) is 9.10. The Morgan fingerprint density at radius 2 is 2.12 bits per heavy atom. The summed E-state index contributed by atoms with van der Waals surface area (Å²) in [7, 11) is 0. The Bertz CT molecular complexity index is 603. The molecule has 1 atom stereocenters. The van der Waals surface area contributed by atoms with Crippen LogP contribution >= 0.6 is 0 Å². The average Bonchev–Trinajstić information content (AvgIpc) is 3.15. The quantitative estimate of drug-likeness (QED) is 0.744. The predicted octanol–water partition coefficient (Wildman–Crippen LogP) is 2.46. The topological polar surface area (TPSA) is 42.0 Å². The molecule has 0 bridgehead atoms. The summed E-state index contributed by atoms with van der Waals surface area (Å²) in [6, 6.07) is 8.22. The largest absolute Gasteiger partial charge is 0.489 e. The van der Waals surface area contributed by atoms with E-state index >= 15 is 0 Å². The molecular weight excluding hydrogens is 316 g/mol. The smallest absolute Gasteiger partial charge is 0.251 e. The predicted molar refractivity (Wildman–Crippen MR) is 97.6 cm³/mol. The number of amides is 1. The highest BCUT2D eigenvalue weighted by molar-refractivity contribution is 5.81. The molecule has 2 saturated heterocycles. The number of nitrogens with zero attached hydrogens (tertiary/aromatic N) is 2. The Kier molecular flexibility index (Phi) is 6.10. The van der Waals surface area contributed by atoms with E-state index in [2.05, 4.69) is 23.6 Å².